The number of rotatable bonds is 6. The highest BCUT2D eigenvalue weighted by atomic mass is 19.4. The molecule has 1 saturated heterocycles. The topological polar surface area (TPSA) is 61.4 Å². The molecule has 1 aliphatic rings. The third kappa shape index (κ3) is 3.09. The zero-order valence-electron chi connectivity index (χ0n) is 11.9. The summed E-state index contributed by atoms with van der Waals surface area (Å²) in [5.74, 6) is -0.991. The molecule has 1 unspecified atom stereocenters. The lowest BCUT2D eigenvalue weighted by molar-refractivity contribution is -0.216. The number of aliphatic hydroxyl groups is 1. The maximum Gasteiger partial charge on any atom is 0.404 e. The fraction of sp³-hybridized carbons (Fsp3) is 0.923. The summed E-state index contributed by atoms with van der Waals surface area (Å²) in [7, 11) is 0. The van der Waals surface area contributed by atoms with Crippen LogP contribution in [0.15, 0.2) is 0 Å². The zero-order chi connectivity index (χ0) is 15.4. The van der Waals surface area contributed by atoms with E-state index in [1.54, 1.807) is 0 Å². The van der Waals surface area contributed by atoms with Gasteiger partial charge in [0.2, 0.25) is 5.91 Å². The van der Waals surface area contributed by atoms with Crippen LogP contribution in [0.25, 0.3) is 0 Å². The Balaban J connectivity index is 2.79. The van der Waals surface area contributed by atoms with E-state index in [-0.39, 0.29) is 32.7 Å². The van der Waals surface area contributed by atoms with E-state index in [2.05, 4.69) is 10.6 Å². The molecule has 1 atom stereocenters. The number of halogens is 3. The summed E-state index contributed by atoms with van der Waals surface area (Å²) in [6, 6.07) is 0. The Bertz CT molecular complexity index is 327. The second kappa shape index (κ2) is 6.30. The van der Waals surface area contributed by atoms with E-state index in [0.717, 1.165) is 0 Å². The maximum atomic E-state index is 13.2. The average molecular weight is 296 g/mol. The van der Waals surface area contributed by atoms with Crippen LogP contribution in [-0.2, 0) is 4.79 Å². The van der Waals surface area contributed by atoms with Gasteiger partial charge in [0.1, 0.15) is 0 Å². The van der Waals surface area contributed by atoms with Crippen LogP contribution in [0.5, 0.6) is 0 Å². The average Bonchev–Trinajstić information content (AvgIpc) is 2.91. The molecule has 4 nitrogen and oxygen atoms in total. The molecule has 3 N–H and O–H groups in total. The van der Waals surface area contributed by atoms with Gasteiger partial charge in [-0.15, -0.1) is 0 Å². The molecule has 1 amide bonds. The minimum atomic E-state index is -4.57. The van der Waals surface area contributed by atoms with Crippen molar-refractivity contribution in [3.8, 4) is 0 Å². The lowest BCUT2D eigenvalue weighted by atomic mass is 9.81. The third-order valence-corrected chi connectivity index (χ3v) is 4.59. The molecule has 0 spiro atoms. The predicted octanol–water partition coefficient (Wildman–Crippen LogP) is 1.44. The highest BCUT2D eigenvalue weighted by Gasteiger charge is 2.61. The van der Waals surface area contributed by atoms with Crippen molar-refractivity contribution in [3.05, 3.63) is 0 Å². The van der Waals surface area contributed by atoms with Crippen LogP contribution in [0.1, 0.15) is 33.1 Å². The SMILES string of the molecule is CCC(CC)(CO)CNC(=O)C1(C(F)(F)F)CCNC1. The summed E-state index contributed by atoms with van der Waals surface area (Å²) >= 11 is 0. The number of amides is 1. The monoisotopic (exact) mass is 296 g/mol. The fourth-order valence-electron chi connectivity index (χ4n) is 2.47. The Kier molecular flexibility index (Phi) is 5.43. The Hall–Kier alpha value is -0.820. The largest absolute Gasteiger partial charge is 0.404 e. The molecule has 0 saturated carbocycles. The molecule has 1 fully saturated rings. The molecule has 1 aliphatic heterocycles. The first-order chi connectivity index (χ1) is 9.27. The zero-order valence-corrected chi connectivity index (χ0v) is 11.9. The molecule has 0 aromatic rings. The Labute approximate surface area is 117 Å². The summed E-state index contributed by atoms with van der Waals surface area (Å²) in [6.45, 7) is 3.40. The summed E-state index contributed by atoms with van der Waals surface area (Å²) < 4.78 is 39.5. The number of hydrogen-bond acceptors (Lipinski definition) is 3. The molecule has 118 valence electrons. The van der Waals surface area contributed by atoms with Crippen LogP contribution in [-0.4, -0.2) is 43.4 Å². The van der Waals surface area contributed by atoms with Crippen molar-refractivity contribution in [1.82, 2.24) is 10.6 Å². The third-order valence-electron chi connectivity index (χ3n) is 4.59. The van der Waals surface area contributed by atoms with Gasteiger partial charge in [0, 0.05) is 18.5 Å². The van der Waals surface area contributed by atoms with Crippen molar-refractivity contribution in [1.29, 1.82) is 0 Å². The highest BCUT2D eigenvalue weighted by Crippen LogP contribution is 2.43. The summed E-state index contributed by atoms with van der Waals surface area (Å²) in [4.78, 5) is 12.1. The van der Waals surface area contributed by atoms with Gasteiger partial charge in [-0.05, 0) is 25.8 Å². The maximum absolute atomic E-state index is 13.2. The highest BCUT2D eigenvalue weighted by molar-refractivity contribution is 5.84. The van der Waals surface area contributed by atoms with E-state index in [1.165, 1.54) is 0 Å². The van der Waals surface area contributed by atoms with Crippen LogP contribution in [0, 0.1) is 10.8 Å². The van der Waals surface area contributed by atoms with Crippen molar-refractivity contribution >= 4 is 5.91 Å². The summed E-state index contributed by atoms with van der Waals surface area (Å²) in [5, 5.41) is 14.4. The van der Waals surface area contributed by atoms with Gasteiger partial charge in [-0.2, -0.15) is 13.2 Å². The van der Waals surface area contributed by atoms with E-state index >= 15 is 0 Å². The van der Waals surface area contributed by atoms with Crippen molar-refractivity contribution in [2.24, 2.45) is 10.8 Å². The van der Waals surface area contributed by atoms with E-state index in [9.17, 15) is 23.1 Å². The Morgan fingerprint density at radius 3 is 2.30 bits per heavy atom. The van der Waals surface area contributed by atoms with Crippen LogP contribution in [0.4, 0.5) is 13.2 Å². The Morgan fingerprint density at radius 1 is 1.35 bits per heavy atom. The molecule has 7 heteroatoms. The second-order valence-corrected chi connectivity index (χ2v) is 5.55. The van der Waals surface area contributed by atoms with Crippen LogP contribution in [0.3, 0.4) is 0 Å². The minimum Gasteiger partial charge on any atom is -0.396 e. The number of carbonyl (C=O) groups excluding carboxylic acids is 1. The van der Waals surface area contributed by atoms with Crippen molar-refractivity contribution in [2.75, 3.05) is 26.2 Å². The van der Waals surface area contributed by atoms with Crippen LogP contribution >= 0.6 is 0 Å². The second-order valence-electron chi connectivity index (χ2n) is 5.55. The molecule has 0 radical (unpaired) electrons. The predicted molar refractivity (Wildman–Crippen MR) is 69.1 cm³/mol. The lowest BCUT2D eigenvalue weighted by Gasteiger charge is -2.33. The fourth-order valence-corrected chi connectivity index (χ4v) is 2.47. The minimum absolute atomic E-state index is 0.0627. The van der Waals surface area contributed by atoms with Crippen molar-refractivity contribution in [3.63, 3.8) is 0 Å². The molecule has 0 aromatic carbocycles. The van der Waals surface area contributed by atoms with E-state index in [4.69, 9.17) is 0 Å². The first-order valence-electron chi connectivity index (χ1n) is 6.93. The quantitative estimate of drug-likeness (QED) is 0.695. The van der Waals surface area contributed by atoms with E-state index in [0.29, 0.717) is 12.8 Å². The smallest absolute Gasteiger partial charge is 0.396 e. The van der Waals surface area contributed by atoms with E-state index < -0.39 is 22.9 Å². The van der Waals surface area contributed by atoms with Crippen molar-refractivity contribution < 1.29 is 23.1 Å². The molecule has 20 heavy (non-hydrogen) atoms. The summed E-state index contributed by atoms with van der Waals surface area (Å²) in [6.07, 6.45) is -3.62. The molecule has 0 aliphatic carbocycles. The van der Waals surface area contributed by atoms with Crippen molar-refractivity contribution in [2.45, 2.75) is 39.3 Å². The molecule has 0 bridgehead atoms. The molecular weight excluding hydrogens is 273 g/mol. The summed E-state index contributed by atoms with van der Waals surface area (Å²) in [5.41, 5.74) is -2.88. The number of alkyl halides is 3. The van der Waals surface area contributed by atoms with Crippen LogP contribution in [0.2, 0.25) is 0 Å². The Morgan fingerprint density at radius 2 is 1.95 bits per heavy atom. The van der Waals surface area contributed by atoms with Crippen LogP contribution < -0.4 is 10.6 Å². The van der Waals surface area contributed by atoms with Gasteiger partial charge in [0.25, 0.3) is 0 Å². The first kappa shape index (κ1) is 17.2. The molecule has 0 aromatic heterocycles. The number of carbonyl (C=O) groups is 1. The standard InChI is InChI=1S/C13H23F3N2O2/c1-3-11(4-2,9-19)7-18-10(20)12(13(14,15)16)5-6-17-8-12/h17,19H,3-9H2,1-2H3,(H,18,20). The van der Waals surface area contributed by atoms with Gasteiger partial charge in [-0.25, -0.2) is 0 Å². The molecule has 1 rings (SSSR count). The number of nitrogens with one attached hydrogen (secondary N) is 2. The first-order valence-corrected chi connectivity index (χ1v) is 6.93. The number of hydrogen-bond donors (Lipinski definition) is 3. The van der Waals surface area contributed by atoms with E-state index in [1.807, 2.05) is 13.8 Å². The van der Waals surface area contributed by atoms with Gasteiger partial charge in [0.05, 0.1) is 6.61 Å². The van der Waals surface area contributed by atoms with Gasteiger partial charge in [-0.1, -0.05) is 13.8 Å². The normalized spacial score (nSPS) is 23.9. The lowest BCUT2D eigenvalue weighted by Crippen LogP contribution is -2.54. The molecular formula is C13H23F3N2O2. The molecule has 1 heterocycles. The van der Waals surface area contributed by atoms with Gasteiger partial charge in [0.15, 0.2) is 5.41 Å². The van der Waals surface area contributed by atoms with Gasteiger partial charge < -0.3 is 15.7 Å². The number of aliphatic hydroxyl groups excluding tert-OH is 1. The van der Waals surface area contributed by atoms with Gasteiger partial charge in [-0.3, -0.25) is 4.79 Å². The van der Waals surface area contributed by atoms with Gasteiger partial charge >= 0.3 is 6.18 Å².